The van der Waals surface area contributed by atoms with E-state index in [1.807, 2.05) is 0 Å². The number of carboxylic acids is 1. The summed E-state index contributed by atoms with van der Waals surface area (Å²) in [6.07, 6.45) is 3.99. The van der Waals surface area contributed by atoms with Crippen LogP contribution in [0.3, 0.4) is 0 Å². The molecule has 18 heavy (non-hydrogen) atoms. The second-order valence-electron chi connectivity index (χ2n) is 3.29. The van der Waals surface area contributed by atoms with E-state index < -0.39 is 5.97 Å². The minimum atomic E-state index is -1.25. The van der Waals surface area contributed by atoms with Crippen molar-refractivity contribution in [2.45, 2.75) is 0 Å². The van der Waals surface area contributed by atoms with Crippen LogP contribution in [-0.4, -0.2) is 19.7 Å². The number of carbonyl (C=O) groups excluding carboxylic acids is 1. The van der Waals surface area contributed by atoms with Gasteiger partial charge in [-0.3, -0.25) is 0 Å². The maximum atomic E-state index is 10.3. The number of aliphatic carboxylic acids is 1. The maximum absolute atomic E-state index is 10.3. The smallest absolute Gasteiger partial charge is 0.175 e. The van der Waals surface area contributed by atoms with Crippen molar-refractivity contribution in [3.63, 3.8) is 0 Å². The van der Waals surface area contributed by atoms with Gasteiger partial charge in [0, 0.05) is 0 Å². The van der Waals surface area contributed by atoms with E-state index in [0.717, 1.165) is 6.08 Å². The molecule has 0 unspecified atom stereocenters. The predicted molar refractivity (Wildman–Crippen MR) is 70.4 cm³/mol. The molecule has 0 N–H and O–H groups in total. The zero-order valence-corrected chi connectivity index (χ0v) is 11.4. The van der Waals surface area contributed by atoms with Crippen LogP contribution >= 0.6 is 15.9 Å². The van der Waals surface area contributed by atoms with Gasteiger partial charge in [0.2, 0.25) is 0 Å². The first-order valence-corrected chi connectivity index (χ1v) is 5.88. The van der Waals surface area contributed by atoms with Crippen molar-refractivity contribution >= 4 is 28.0 Å². The van der Waals surface area contributed by atoms with Crippen molar-refractivity contribution in [2.24, 2.45) is 0 Å². The molecule has 0 atom stereocenters. The molecule has 4 nitrogen and oxygen atoms in total. The highest BCUT2D eigenvalue weighted by Crippen LogP contribution is 2.36. The first-order chi connectivity index (χ1) is 8.58. The van der Waals surface area contributed by atoms with E-state index in [-0.39, 0.29) is 0 Å². The van der Waals surface area contributed by atoms with Crippen LogP contribution in [-0.2, 0) is 4.79 Å². The first-order valence-electron chi connectivity index (χ1n) is 5.08. The van der Waals surface area contributed by atoms with Gasteiger partial charge in [0.1, 0.15) is 6.61 Å². The number of hydrogen-bond donors (Lipinski definition) is 0. The third-order valence-corrected chi connectivity index (χ3v) is 2.60. The zero-order valence-electron chi connectivity index (χ0n) is 9.81. The molecule has 0 aromatic heterocycles. The topological polar surface area (TPSA) is 58.6 Å². The minimum absolute atomic E-state index is 0.350. The summed E-state index contributed by atoms with van der Waals surface area (Å²) in [6, 6.07) is 3.39. The fourth-order valence-electron chi connectivity index (χ4n) is 1.28. The monoisotopic (exact) mass is 311 g/mol. The Morgan fingerprint density at radius 2 is 2.28 bits per heavy atom. The van der Waals surface area contributed by atoms with Gasteiger partial charge in [-0.2, -0.15) is 0 Å². The summed E-state index contributed by atoms with van der Waals surface area (Å²) in [4.78, 5) is 10.3. The number of benzene rings is 1. The van der Waals surface area contributed by atoms with Crippen LogP contribution < -0.4 is 14.6 Å². The molecule has 0 fully saturated rings. The Morgan fingerprint density at radius 1 is 1.56 bits per heavy atom. The van der Waals surface area contributed by atoms with Crippen molar-refractivity contribution in [1.82, 2.24) is 0 Å². The van der Waals surface area contributed by atoms with Crippen LogP contribution in [0.2, 0.25) is 0 Å². The average Bonchev–Trinajstić information content (AvgIpc) is 2.34. The molecule has 0 amide bonds. The Morgan fingerprint density at radius 3 is 2.83 bits per heavy atom. The molecule has 0 radical (unpaired) electrons. The van der Waals surface area contributed by atoms with Gasteiger partial charge in [-0.1, -0.05) is 18.7 Å². The van der Waals surface area contributed by atoms with E-state index in [4.69, 9.17) is 9.47 Å². The molecular formula is C13H12BrO4-. The lowest BCUT2D eigenvalue weighted by molar-refractivity contribution is -0.297. The second-order valence-corrected chi connectivity index (χ2v) is 4.14. The van der Waals surface area contributed by atoms with Crippen LogP contribution in [0.25, 0.3) is 6.08 Å². The normalized spacial score (nSPS) is 10.3. The molecule has 0 aliphatic heterocycles. The molecule has 1 rings (SSSR count). The van der Waals surface area contributed by atoms with Gasteiger partial charge in [0.25, 0.3) is 0 Å². The quantitative estimate of drug-likeness (QED) is 0.593. The number of rotatable bonds is 6. The van der Waals surface area contributed by atoms with Crippen LogP contribution in [0.15, 0.2) is 35.3 Å². The third-order valence-electron chi connectivity index (χ3n) is 2.01. The van der Waals surface area contributed by atoms with E-state index in [1.54, 1.807) is 18.2 Å². The molecule has 0 bridgehead atoms. The third kappa shape index (κ3) is 3.92. The highest BCUT2D eigenvalue weighted by atomic mass is 79.9. The van der Waals surface area contributed by atoms with Gasteiger partial charge in [-0.15, -0.1) is 0 Å². The molecule has 0 aliphatic rings. The summed E-state index contributed by atoms with van der Waals surface area (Å²) in [6.45, 7) is 3.91. The van der Waals surface area contributed by atoms with Crippen molar-refractivity contribution in [3.05, 3.63) is 40.9 Å². The Balaban J connectivity index is 3.09. The molecule has 5 heteroatoms. The summed E-state index contributed by atoms with van der Waals surface area (Å²) < 4.78 is 11.3. The lowest BCUT2D eigenvalue weighted by Gasteiger charge is -2.12. The SMILES string of the molecule is C=CCOc1c(Br)cc(C=CC(=O)[O-])cc1OC. The van der Waals surface area contributed by atoms with Gasteiger partial charge in [-0.05, 0) is 39.7 Å². The summed E-state index contributed by atoms with van der Waals surface area (Å²) in [5.41, 5.74) is 0.661. The highest BCUT2D eigenvalue weighted by Gasteiger charge is 2.10. The van der Waals surface area contributed by atoms with Crippen LogP contribution in [0, 0.1) is 0 Å². The van der Waals surface area contributed by atoms with Crippen molar-refractivity contribution in [1.29, 1.82) is 0 Å². The number of carbonyl (C=O) groups is 1. The molecule has 0 saturated heterocycles. The summed E-state index contributed by atoms with van der Waals surface area (Å²) in [5.74, 6) is -0.204. The number of halogens is 1. The maximum Gasteiger partial charge on any atom is 0.175 e. The zero-order chi connectivity index (χ0) is 13.5. The second kappa shape index (κ2) is 6.86. The summed E-state index contributed by atoms with van der Waals surface area (Å²) >= 11 is 3.34. The molecule has 0 aliphatic carbocycles. The summed E-state index contributed by atoms with van der Waals surface area (Å²) in [7, 11) is 1.51. The lowest BCUT2D eigenvalue weighted by Crippen LogP contribution is -2.18. The van der Waals surface area contributed by atoms with Crippen LogP contribution in [0.5, 0.6) is 11.5 Å². The van der Waals surface area contributed by atoms with E-state index >= 15 is 0 Å². The molecule has 0 saturated carbocycles. The van der Waals surface area contributed by atoms with E-state index in [1.165, 1.54) is 13.2 Å². The van der Waals surface area contributed by atoms with E-state index in [2.05, 4.69) is 22.5 Å². The summed E-state index contributed by atoms with van der Waals surface area (Å²) in [5, 5.41) is 10.3. The lowest BCUT2D eigenvalue weighted by atomic mass is 10.2. The van der Waals surface area contributed by atoms with Gasteiger partial charge in [0.05, 0.1) is 17.6 Å². The molecule has 0 heterocycles. The van der Waals surface area contributed by atoms with Crippen LogP contribution in [0.1, 0.15) is 5.56 Å². The van der Waals surface area contributed by atoms with Gasteiger partial charge < -0.3 is 19.4 Å². The van der Waals surface area contributed by atoms with Gasteiger partial charge in [0.15, 0.2) is 11.5 Å². The Bertz CT molecular complexity index is 480. The van der Waals surface area contributed by atoms with Crippen molar-refractivity contribution in [3.8, 4) is 11.5 Å². The van der Waals surface area contributed by atoms with E-state index in [0.29, 0.717) is 28.1 Å². The van der Waals surface area contributed by atoms with Gasteiger partial charge >= 0.3 is 0 Å². The van der Waals surface area contributed by atoms with Crippen molar-refractivity contribution < 1.29 is 19.4 Å². The minimum Gasteiger partial charge on any atom is -0.545 e. The number of ether oxygens (including phenoxy) is 2. The van der Waals surface area contributed by atoms with Crippen LogP contribution in [0.4, 0.5) is 0 Å². The molecule has 1 aromatic carbocycles. The fraction of sp³-hybridized carbons (Fsp3) is 0.154. The average molecular weight is 312 g/mol. The molecular weight excluding hydrogens is 300 g/mol. The van der Waals surface area contributed by atoms with E-state index in [9.17, 15) is 9.90 Å². The predicted octanol–water partition coefficient (Wildman–Crippen LogP) is 1.79. The standard InChI is InChI=1S/C13H13BrO4/c1-3-6-18-13-10(14)7-9(4-5-12(15)16)8-11(13)17-2/h3-5,7-8H,1,6H2,2H3,(H,15,16)/p-1. The Kier molecular flexibility index (Phi) is 5.45. The van der Waals surface area contributed by atoms with Gasteiger partial charge in [-0.25, -0.2) is 0 Å². The number of hydrogen-bond acceptors (Lipinski definition) is 4. The largest absolute Gasteiger partial charge is 0.545 e. The molecule has 0 spiro atoms. The highest BCUT2D eigenvalue weighted by molar-refractivity contribution is 9.10. The number of methoxy groups -OCH3 is 1. The fourth-order valence-corrected chi connectivity index (χ4v) is 1.86. The molecule has 96 valence electrons. The number of carboxylic acid groups (broad SMARTS) is 1. The Labute approximate surface area is 114 Å². The van der Waals surface area contributed by atoms with Crippen molar-refractivity contribution in [2.75, 3.05) is 13.7 Å². The molecule has 1 aromatic rings. The Hall–Kier alpha value is -1.75. The first kappa shape index (κ1) is 14.3.